The van der Waals surface area contributed by atoms with Crippen molar-refractivity contribution in [3.8, 4) is 0 Å². The molecule has 0 heterocycles. The first kappa shape index (κ1) is 23.2. The van der Waals surface area contributed by atoms with Crippen molar-refractivity contribution in [2.24, 2.45) is 0 Å². The summed E-state index contributed by atoms with van der Waals surface area (Å²) in [6.07, 6.45) is 0. The third-order valence-corrected chi connectivity index (χ3v) is 0. The minimum absolute atomic E-state index is 0. The molecule has 0 amide bonds. The molecule has 0 aromatic heterocycles. The molecule has 0 saturated heterocycles. The van der Waals surface area contributed by atoms with Gasteiger partial charge < -0.3 is 5.48 Å². The first-order chi connectivity index (χ1) is 0. The van der Waals surface area contributed by atoms with Gasteiger partial charge in [0.1, 0.15) is 0 Å². The van der Waals surface area contributed by atoms with Gasteiger partial charge in [0.25, 0.3) is 0 Å². The van der Waals surface area contributed by atoms with E-state index in [4.69, 9.17) is 0 Å². The Hall–Kier alpha value is 4.87. The Morgan fingerprint density at radius 3 is 0.500 bits per heavy atom. The van der Waals surface area contributed by atoms with Gasteiger partial charge in [0.15, 0.2) is 0 Å². The molecule has 0 spiro atoms. The molecule has 11 valence electrons. The summed E-state index contributed by atoms with van der Waals surface area (Å²) in [7, 11) is 0. The maximum absolute atomic E-state index is 0. The molecule has 4 heavy (non-hydrogen) atoms. The minimum Gasteiger partial charge on any atom is -0.412 e. The zero-order valence-corrected chi connectivity index (χ0v) is 12.9. The Morgan fingerprint density at radius 1 is 0.500 bits per heavy atom. The second kappa shape index (κ2) is 15.7. The van der Waals surface area contributed by atoms with Crippen LogP contribution in [0.1, 0.15) is 0 Å². The van der Waals surface area contributed by atoms with Crippen LogP contribution in [0.5, 0.6) is 0 Å². The van der Waals surface area contributed by atoms with Crippen LogP contribution in [0.2, 0.25) is 0 Å². The SMILES string of the molecule is O.[K].[K].[K]. The van der Waals surface area contributed by atoms with Gasteiger partial charge in [0.2, 0.25) is 0 Å². The van der Waals surface area contributed by atoms with E-state index in [2.05, 4.69) is 0 Å². The molecule has 0 fully saturated rings. The molecule has 3 radical (unpaired) electrons. The van der Waals surface area contributed by atoms with Crippen molar-refractivity contribution in [2.75, 3.05) is 0 Å². The molecule has 0 aliphatic heterocycles. The van der Waals surface area contributed by atoms with Crippen molar-refractivity contribution in [3.05, 3.63) is 0 Å². The Bertz CT molecular complexity index is 3.25. The molecule has 0 aromatic rings. The second-order valence-electron chi connectivity index (χ2n) is 0. The zero-order chi connectivity index (χ0) is 0. The Labute approximate surface area is 154 Å². The van der Waals surface area contributed by atoms with Gasteiger partial charge in [-0.05, 0) is 0 Å². The summed E-state index contributed by atoms with van der Waals surface area (Å²) in [5, 5.41) is 0. The van der Waals surface area contributed by atoms with Crippen LogP contribution in [-0.2, 0) is 0 Å². The van der Waals surface area contributed by atoms with Crippen molar-refractivity contribution < 1.29 is 5.48 Å². The maximum Gasteiger partial charge on any atom is 0 e. The Balaban J connectivity index is 0. The molecule has 0 saturated carbocycles. The van der Waals surface area contributed by atoms with Crippen molar-refractivity contribution in [2.45, 2.75) is 0 Å². The van der Waals surface area contributed by atoms with Crippen molar-refractivity contribution in [1.82, 2.24) is 0 Å². The second-order valence-corrected chi connectivity index (χ2v) is 0. The molecule has 0 aromatic carbocycles. The molecule has 0 atom stereocenters. The van der Waals surface area contributed by atoms with E-state index in [9.17, 15) is 0 Å². The van der Waals surface area contributed by atoms with E-state index in [1.54, 1.807) is 0 Å². The van der Waals surface area contributed by atoms with Gasteiger partial charge in [-0.2, -0.15) is 0 Å². The molecule has 2 N–H and O–H groups in total. The van der Waals surface area contributed by atoms with Gasteiger partial charge in [-0.1, -0.05) is 0 Å². The van der Waals surface area contributed by atoms with E-state index in [0.29, 0.717) is 0 Å². The van der Waals surface area contributed by atoms with Gasteiger partial charge in [-0.15, -0.1) is 0 Å². The molecular weight excluding hydrogens is 133 g/mol. The third-order valence-electron chi connectivity index (χ3n) is 0. The smallest absolute Gasteiger partial charge is 0 e. The van der Waals surface area contributed by atoms with Gasteiger partial charge >= 0.3 is 0 Å². The van der Waals surface area contributed by atoms with Crippen LogP contribution < -0.4 is 0 Å². The molecule has 0 rings (SSSR count). The topological polar surface area (TPSA) is 31.5 Å². The Morgan fingerprint density at radius 2 is 0.500 bits per heavy atom. The predicted molar refractivity (Wildman–Crippen MR) is 20.9 cm³/mol. The van der Waals surface area contributed by atoms with Crippen LogP contribution in [0, 0.1) is 0 Å². The van der Waals surface area contributed by atoms with E-state index < -0.39 is 0 Å². The average Bonchev–Trinajstić information content (AvgIpc) is 0. The molecule has 0 aliphatic carbocycles. The monoisotopic (exact) mass is 135 g/mol. The van der Waals surface area contributed by atoms with Crippen LogP contribution in [0.15, 0.2) is 0 Å². The van der Waals surface area contributed by atoms with Crippen molar-refractivity contribution in [1.29, 1.82) is 0 Å². The standard InChI is InChI=1S/3K.H2O/h;;;1H2. The zero-order valence-electron chi connectivity index (χ0n) is 3.50. The molecule has 1 nitrogen and oxygen atoms in total. The van der Waals surface area contributed by atoms with Gasteiger partial charge in [0, 0.05) is 154 Å². The number of hydrogen-bond donors (Lipinski definition) is 0. The van der Waals surface area contributed by atoms with Crippen LogP contribution in [0.4, 0.5) is 0 Å². The average molecular weight is 135 g/mol. The van der Waals surface area contributed by atoms with E-state index in [1.165, 1.54) is 0 Å². The third kappa shape index (κ3) is 9.98. The fourth-order valence-electron chi connectivity index (χ4n) is 0. The molecule has 0 bridgehead atoms. The fraction of sp³-hybridized carbons (Fsp3) is 0. The van der Waals surface area contributed by atoms with Gasteiger partial charge in [-0.3, -0.25) is 0 Å². The van der Waals surface area contributed by atoms with Crippen molar-refractivity contribution >= 4 is 154 Å². The maximum atomic E-state index is 0. The first-order valence-electron chi connectivity index (χ1n) is 0. The van der Waals surface area contributed by atoms with Crippen LogP contribution in [0.25, 0.3) is 0 Å². The van der Waals surface area contributed by atoms with Crippen LogP contribution in [-0.4, -0.2) is 160 Å². The van der Waals surface area contributed by atoms with Crippen LogP contribution in [0.3, 0.4) is 0 Å². The fourth-order valence-corrected chi connectivity index (χ4v) is 0. The van der Waals surface area contributed by atoms with Gasteiger partial charge in [0.05, 0.1) is 0 Å². The molecule has 0 unspecified atom stereocenters. The summed E-state index contributed by atoms with van der Waals surface area (Å²) < 4.78 is 0. The summed E-state index contributed by atoms with van der Waals surface area (Å²) in [6, 6.07) is 0. The Kier molecular flexibility index (Phi) is 90.7. The summed E-state index contributed by atoms with van der Waals surface area (Å²) in [5.41, 5.74) is 0. The van der Waals surface area contributed by atoms with Gasteiger partial charge in [-0.25, -0.2) is 0 Å². The normalized spacial score (nSPS) is 0. The van der Waals surface area contributed by atoms with E-state index in [1.807, 2.05) is 0 Å². The summed E-state index contributed by atoms with van der Waals surface area (Å²) in [4.78, 5) is 0. The van der Waals surface area contributed by atoms with E-state index in [0.717, 1.165) is 0 Å². The minimum atomic E-state index is 0. The largest absolute Gasteiger partial charge is 0.412 e. The first-order valence-corrected chi connectivity index (χ1v) is 0. The van der Waals surface area contributed by atoms with Crippen molar-refractivity contribution in [3.63, 3.8) is 0 Å². The number of hydrogen-bond acceptors (Lipinski definition) is 0. The summed E-state index contributed by atoms with van der Waals surface area (Å²) >= 11 is 0. The summed E-state index contributed by atoms with van der Waals surface area (Å²) in [5.74, 6) is 0. The molecule has 4 heteroatoms. The quantitative estimate of drug-likeness (QED) is 0.345. The summed E-state index contributed by atoms with van der Waals surface area (Å²) in [6.45, 7) is 0. The molecular formula is H2K3O. The number of rotatable bonds is 0. The predicted octanol–water partition coefficient (Wildman–Crippen LogP) is -1.97. The van der Waals surface area contributed by atoms with E-state index >= 15 is 0 Å². The van der Waals surface area contributed by atoms with Crippen LogP contribution >= 0.6 is 0 Å². The molecule has 0 aliphatic rings. The van der Waals surface area contributed by atoms with E-state index in [-0.39, 0.29) is 160 Å².